The molecule has 128 valence electrons. The molecular formula is C19H29NO2S. The maximum Gasteiger partial charge on any atom is 0.244 e. The van der Waals surface area contributed by atoms with E-state index in [0.29, 0.717) is 11.4 Å². The van der Waals surface area contributed by atoms with Crippen LogP contribution in [0.3, 0.4) is 0 Å². The second-order valence-electron chi connectivity index (χ2n) is 6.76. The van der Waals surface area contributed by atoms with Gasteiger partial charge in [0.25, 0.3) is 0 Å². The quantitative estimate of drug-likeness (QED) is 0.750. The van der Waals surface area contributed by atoms with Gasteiger partial charge in [-0.15, -0.1) is 6.58 Å². The average molecular weight is 336 g/mol. The van der Waals surface area contributed by atoms with Crippen molar-refractivity contribution in [1.82, 2.24) is 4.31 Å². The van der Waals surface area contributed by atoms with Gasteiger partial charge in [0.2, 0.25) is 10.0 Å². The molecule has 4 heteroatoms. The first kappa shape index (κ1) is 18.2. The molecule has 0 atom stereocenters. The molecule has 0 N–H and O–H groups in total. The largest absolute Gasteiger partial charge is 0.244 e. The molecule has 0 spiro atoms. The van der Waals surface area contributed by atoms with E-state index in [2.05, 4.69) is 13.5 Å². The third-order valence-electron chi connectivity index (χ3n) is 5.54. The van der Waals surface area contributed by atoms with Crippen molar-refractivity contribution in [3.63, 3.8) is 0 Å². The lowest BCUT2D eigenvalue weighted by Gasteiger charge is -2.29. The molecule has 0 bridgehead atoms. The van der Waals surface area contributed by atoms with E-state index in [1.165, 1.54) is 5.56 Å². The fraction of sp³-hybridized carbons (Fsp3) is 0.579. The Labute approximate surface area is 141 Å². The highest BCUT2D eigenvalue weighted by Gasteiger charge is 2.35. The molecule has 1 saturated carbocycles. The van der Waals surface area contributed by atoms with E-state index in [0.717, 1.165) is 47.9 Å². The Bertz CT molecular complexity index is 684. The van der Waals surface area contributed by atoms with Crippen molar-refractivity contribution in [3.05, 3.63) is 40.5 Å². The monoisotopic (exact) mass is 335 g/mol. The molecule has 23 heavy (non-hydrogen) atoms. The second kappa shape index (κ2) is 6.78. The van der Waals surface area contributed by atoms with Crippen LogP contribution in [0.25, 0.3) is 0 Å². The van der Waals surface area contributed by atoms with Gasteiger partial charge < -0.3 is 0 Å². The summed E-state index contributed by atoms with van der Waals surface area (Å²) in [6.07, 6.45) is 5.83. The molecule has 1 aromatic rings. The summed E-state index contributed by atoms with van der Waals surface area (Å²) in [7, 11) is -3.51. The minimum atomic E-state index is -3.51. The molecular weight excluding hydrogens is 306 g/mol. The molecule has 0 radical (unpaired) electrons. The smallest absolute Gasteiger partial charge is 0.207 e. The van der Waals surface area contributed by atoms with E-state index in [9.17, 15) is 8.42 Å². The lowest BCUT2D eigenvalue weighted by Crippen LogP contribution is -2.39. The first-order chi connectivity index (χ1) is 10.7. The summed E-state index contributed by atoms with van der Waals surface area (Å²) in [5.41, 5.74) is 5.12. The van der Waals surface area contributed by atoms with E-state index in [1.807, 2.05) is 27.7 Å². The van der Waals surface area contributed by atoms with Crippen LogP contribution in [0.15, 0.2) is 17.6 Å². The van der Waals surface area contributed by atoms with E-state index in [1.54, 1.807) is 10.4 Å². The van der Waals surface area contributed by atoms with E-state index in [4.69, 9.17) is 0 Å². The Morgan fingerprint density at radius 1 is 0.957 bits per heavy atom. The molecule has 0 aliphatic heterocycles. The molecule has 0 unspecified atom stereocenters. The van der Waals surface area contributed by atoms with Crippen molar-refractivity contribution in [2.75, 3.05) is 6.54 Å². The van der Waals surface area contributed by atoms with Crippen molar-refractivity contribution in [2.24, 2.45) is 0 Å². The van der Waals surface area contributed by atoms with Crippen LogP contribution >= 0.6 is 0 Å². The van der Waals surface area contributed by atoms with Crippen LogP contribution in [0.5, 0.6) is 0 Å². The van der Waals surface area contributed by atoms with Crippen LogP contribution in [0, 0.1) is 34.6 Å². The molecule has 0 saturated heterocycles. The van der Waals surface area contributed by atoms with Crippen LogP contribution < -0.4 is 0 Å². The summed E-state index contributed by atoms with van der Waals surface area (Å²) in [6.45, 7) is 14.1. The van der Waals surface area contributed by atoms with Gasteiger partial charge in [0.1, 0.15) is 0 Å². The van der Waals surface area contributed by atoms with E-state index < -0.39 is 10.0 Å². The molecule has 1 aromatic carbocycles. The Balaban J connectivity index is 2.64. The first-order valence-corrected chi connectivity index (χ1v) is 9.87. The van der Waals surface area contributed by atoms with Crippen LogP contribution in [0.2, 0.25) is 0 Å². The number of benzene rings is 1. The minimum absolute atomic E-state index is 0.110. The van der Waals surface area contributed by atoms with Crippen molar-refractivity contribution >= 4 is 10.0 Å². The van der Waals surface area contributed by atoms with Gasteiger partial charge >= 0.3 is 0 Å². The third-order valence-corrected chi connectivity index (χ3v) is 7.73. The maximum absolute atomic E-state index is 13.4. The molecule has 0 heterocycles. The van der Waals surface area contributed by atoms with Gasteiger partial charge in [-0.3, -0.25) is 0 Å². The zero-order valence-corrected chi connectivity index (χ0v) is 15.9. The first-order valence-electron chi connectivity index (χ1n) is 8.43. The van der Waals surface area contributed by atoms with E-state index >= 15 is 0 Å². The predicted octanol–water partition coefficient (Wildman–Crippen LogP) is 4.35. The second-order valence-corrected chi connectivity index (χ2v) is 8.58. The maximum atomic E-state index is 13.4. The van der Waals surface area contributed by atoms with Crippen LogP contribution in [0.1, 0.15) is 53.5 Å². The summed E-state index contributed by atoms with van der Waals surface area (Å²) in [4.78, 5) is 0.506. The topological polar surface area (TPSA) is 37.4 Å². The number of rotatable bonds is 5. The number of hydrogen-bond acceptors (Lipinski definition) is 2. The Morgan fingerprint density at radius 3 is 1.83 bits per heavy atom. The molecule has 0 amide bonds. The number of sulfonamides is 1. The summed E-state index contributed by atoms with van der Waals surface area (Å²) in [5, 5.41) is 0. The highest BCUT2D eigenvalue weighted by atomic mass is 32.2. The Hall–Kier alpha value is -1.13. The molecule has 2 rings (SSSR count). The molecule has 3 nitrogen and oxygen atoms in total. The van der Waals surface area contributed by atoms with Crippen LogP contribution in [-0.4, -0.2) is 25.3 Å². The number of nitrogens with zero attached hydrogens (tertiary/aromatic N) is 1. The summed E-state index contributed by atoms with van der Waals surface area (Å²) in [6, 6.07) is 0.110. The normalized spacial score (nSPS) is 16.3. The van der Waals surface area contributed by atoms with Gasteiger partial charge in [-0.2, -0.15) is 4.31 Å². The lowest BCUT2D eigenvalue weighted by atomic mass is 9.95. The molecule has 1 fully saturated rings. The van der Waals surface area contributed by atoms with Gasteiger partial charge in [-0.25, -0.2) is 8.42 Å². The van der Waals surface area contributed by atoms with Gasteiger partial charge in [-0.05, 0) is 75.3 Å². The van der Waals surface area contributed by atoms with Crippen molar-refractivity contribution in [2.45, 2.75) is 71.2 Å². The Kier molecular flexibility index (Phi) is 5.37. The average Bonchev–Trinajstić information content (AvgIpc) is 3.02. The fourth-order valence-electron chi connectivity index (χ4n) is 3.73. The number of hydrogen-bond donors (Lipinski definition) is 0. The minimum Gasteiger partial charge on any atom is -0.207 e. The summed E-state index contributed by atoms with van der Waals surface area (Å²) in [5.74, 6) is 0. The van der Waals surface area contributed by atoms with Crippen molar-refractivity contribution < 1.29 is 8.42 Å². The molecule has 1 aliphatic rings. The van der Waals surface area contributed by atoms with Crippen molar-refractivity contribution in [3.8, 4) is 0 Å². The van der Waals surface area contributed by atoms with Gasteiger partial charge in [0.15, 0.2) is 0 Å². The summed E-state index contributed by atoms with van der Waals surface area (Å²) < 4.78 is 28.6. The van der Waals surface area contributed by atoms with Gasteiger partial charge in [0.05, 0.1) is 4.90 Å². The van der Waals surface area contributed by atoms with Gasteiger partial charge in [-0.1, -0.05) is 18.9 Å². The lowest BCUT2D eigenvalue weighted by molar-refractivity contribution is 0.347. The standard InChI is InChI=1S/C19H29NO2S/c1-7-12-20(18-10-8-9-11-18)23(21,22)19-16(5)14(3)13(2)15(4)17(19)6/h7,18H,1,8-12H2,2-6H3. The van der Waals surface area contributed by atoms with E-state index in [-0.39, 0.29) is 6.04 Å². The highest BCUT2D eigenvalue weighted by molar-refractivity contribution is 7.89. The fourth-order valence-corrected chi connectivity index (χ4v) is 5.95. The van der Waals surface area contributed by atoms with Gasteiger partial charge in [0, 0.05) is 12.6 Å². The van der Waals surface area contributed by atoms with Crippen LogP contribution in [0.4, 0.5) is 0 Å². The van der Waals surface area contributed by atoms with Crippen molar-refractivity contribution in [1.29, 1.82) is 0 Å². The zero-order chi connectivity index (χ0) is 17.4. The highest BCUT2D eigenvalue weighted by Crippen LogP contribution is 2.34. The third kappa shape index (κ3) is 3.11. The zero-order valence-electron chi connectivity index (χ0n) is 15.1. The predicted molar refractivity (Wildman–Crippen MR) is 96.5 cm³/mol. The SMILES string of the molecule is C=CCN(C1CCCC1)S(=O)(=O)c1c(C)c(C)c(C)c(C)c1C. The Morgan fingerprint density at radius 2 is 1.39 bits per heavy atom. The summed E-state index contributed by atoms with van der Waals surface area (Å²) >= 11 is 0. The van der Waals surface area contributed by atoms with Crippen LogP contribution in [-0.2, 0) is 10.0 Å². The molecule has 1 aliphatic carbocycles. The molecule has 0 aromatic heterocycles.